The molecule has 0 radical (unpaired) electrons. The van der Waals surface area contributed by atoms with Gasteiger partial charge in [0.1, 0.15) is 0 Å². The van der Waals surface area contributed by atoms with Crippen molar-refractivity contribution in [1.82, 2.24) is 10.3 Å². The smallest absolute Gasteiger partial charge is 0.305 e. The molecule has 3 N–H and O–H groups in total. The number of aromatic nitrogens is 1. The molecule has 0 aliphatic heterocycles. The van der Waals surface area contributed by atoms with E-state index >= 15 is 0 Å². The van der Waals surface area contributed by atoms with Gasteiger partial charge in [-0.3, -0.25) is 9.59 Å². The summed E-state index contributed by atoms with van der Waals surface area (Å²) >= 11 is 1.65. The number of rotatable bonds is 13. The van der Waals surface area contributed by atoms with Gasteiger partial charge in [-0.05, 0) is 66.6 Å². The summed E-state index contributed by atoms with van der Waals surface area (Å²) < 4.78 is 0. The number of nitrogens with zero attached hydrogens (tertiary/aromatic N) is 1. The third-order valence-corrected chi connectivity index (χ3v) is 8.04. The molecule has 0 aliphatic rings. The molecule has 0 unspecified atom stereocenters. The van der Waals surface area contributed by atoms with Gasteiger partial charge >= 0.3 is 5.97 Å². The van der Waals surface area contributed by atoms with Crippen molar-refractivity contribution >= 4 is 28.3 Å². The number of amides is 1. The van der Waals surface area contributed by atoms with Crippen molar-refractivity contribution in [3.05, 3.63) is 94.5 Å². The van der Waals surface area contributed by atoms with Gasteiger partial charge in [0.05, 0.1) is 17.0 Å². The van der Waals surface area contributed by atoms with E-state index in [4.69, 9.17) is 10.1 Å². The number of aliphatic carboxylic acids is 1. The Bertz CT molecular complexity index is 1440. The Balaban J connectivity index is 1.51. The minimum absolute atomic E-state index is 0.100. The van der Waals surface area contributed by atoms with Crippen molar-refractivity contribution < 1.29 is 14.7 Å². The average Bonchev–Trinajstić information content (AvgIpc) is 3.38. The number of benzene rings is 3. The first-order chi connectivity index (χ1) is 19.3. The highest BCUT2D eigenvalue weighted by Crippen LogP contribution is 2.40. The number of nitrogens with one attached hydrogen (secondary N) is 2. The van der Waals surface area contributed by atoms with E-state index < -0.39 is 5.97 Å². The number of anilines is 1. The Kier molecular flexibility index (Phi) is 10.1. The van der Waals surface area contributed by atoms with Crippen LogP contribution in [0, 0.1) is 13.8 Å². The van der Waals surface area contributed by atoms with E-state index in [9.17, 15) is 9.59 Å². The highest BCUT2D eigenvalue weighted by molar-refractivity contribution is 7.19. The van der Waals surface area contributed by atoms with Crippen LogP contribution in [0.5, 0.6) is 0 Å². The van der Waals surface area contributed by atoms with E-state index in [-0.39, 0.29) is 18.9 Å². The first kappa shape index (κ1) is 29.0. The fourth-order valence-electron chi connectivity index (χ4n) is 4.41. The molecule has 4 rings (SSSR count). The lowest BCUT2D eigenvalue weighted by Crippen LogP contribution is -2.25. The van der Waals surface area contributed by atoms with Gasteiger partial charge in [-0.2, -0.15) is 0 Å². The van der Waals surface area contributed by atoms with Crippen LogP contribution in [0.2, 0.25) is 0 Å². The van der Waals surface area contributed by atoms with Gasteiger partial charge in [0.2, 0.25) is 0 Å². The van der Waals surface area contributed by atoms with Gasteiger partial charge in [-0.15, -0.1) is 0 Å². The van der Waals surface area contributed by atoms with Gasteiger partial charge in [0.15, 0.2) is 5.13 Å². The molecule has 0 aliphatic carbocycles. The molecule has 3 aromatic carbocycles. The van der Waals surface area contributed by atoms with Crippen LogP contribution < -0.4 is 10.6 Å². The van der Waals surface area contributed by atoms with E-state index in [0.717, 1.165) is 38.8 Å². The summed E-state index contributed by atoms with van der Waals surface area (Å²) in [4.78, 5) is 29.0. The summed E-state index contributed by atoms with van der Waals surface area (Å²) in [7, 11) is 0. The fraction of sp³-hybridized carbons (Fsp3) is 0.303. The molecule has 0 atom stereocenters. The van der Waals surface area contributed by atoms with E-state index in [1.54, 1.807) is 23.5 Å². The van der Waals surface area contributed by atoms with Crippen LogP contribution in [0.25, 0.3) is 21.7 Å². The Morgan fingerprint density at radius 2 is 1.57 bits per heavy atom. The fourth-order valence-corrected chi connectivity index (χ4v) is 5.39. The number of carbonyl (C=O) groups excluding carboxylic acids is 1. The second-order valence-corrected chi connectivity index (χ2v) is 11.1. The maximum absolute atomic E-state index is 12.2. The number of hydrogen-bond donors (Lipinski definition) is 3. The second kappa shape index (κ2) is 13.9. The molecule has 0 spiro atoms. The van der Waals surface area contributed by atoms with Crippen LogP contribution in [0.4, 0.5) is 5.13 Å². The predicted octanol–water partition coefficient (Wildman–Crippen LogP) is 7.64. The monoisotopic (exact) mass is 555 g/mol. The summed E-state index contributed by atoms with van der Waals surface area (Å²) in [5.74, 6) is -1.22. The lowest BCUT2D eigenvalue weighted by Gasteiger charge is -2.07. The number of carbonyl (C=O) groups is 2. The van der Waals surface area contributed by atoms with E-state index in [1.165, 1.54) is 36.0 Å². The minimum atomic E-state index is -0.938. The predicted molar refractivity (Wildman–Crippen MR) is 164 cm³/mol. The maximum Gasteiger partial charge on any atom is 0.305 e. The maximum atomic E-state index is 12.2. The van der Waals surface area contributed by atoms with Crippen LogP contribution in [-0.2, 0) is 17.8 Å². The van der Waals surface area contributed by atoms with Gasteiger partial charge < -0.3 is 15.7 Å². The van der Waals surface area contributed by atoms with Crippen molar-refractivity contribution in [2.24, 2.45) is 0 Å². The molecule has 1 aromatic heterocycles. The van der Waals surface area contributed by atoms with Gasteiger partial charge in [-0.1, -0.05) is 85.7 Å². The molecule has 1 amide bonds. The average molecular weight is 556 g/mol. The summed E-state index contributed by atoms with van der Waals surface area (Å²) in [5.41, 5.74) is 8.64. The number of hydrogen-bond acceptors (Lipinski definition) is 5. The van der Waals surface area contributed by atoms with E-state index in [2.05, 4.69) is 73.9 Å². The van der Waals surface area contributed by atoms with Gasteiger partial charge in [0, 0.05) is 24.2 Å². The molecule has 0 fully saturated rings. The molecular formula is C33H37N3O3S. The molecule has 1 heterocycles. The van der Waals surface area contributed by atoms with Gasteiger partial charge in [0.25, 0.3) is 5.91 Å². The number of aryl methyl sites for hydroxylation is 3. The minimum Gasteiger partial charge on any atom is -0.481 e. The Morgan fingerprint density at radius 3 is 2.25 bits per heavy atom. The SMILES string of the molecule is CCCCCc1ccc(-c2nc(NCc3ccc(C(=O)NCCC(=O)O)cc3)sc2-c2ccc(C)c(C)c2)cc1. The van der Waals surface area contributed by atoms with Crippen molar-refractivity contribution in [1.29, 1.82) is 0 Å². The molecule has 7 heteroatoms. The second-order valence-electron chi connectivity index (χ2n) is 10.1. The van der Waals surface area contributed by atoms with Crippen LogP contribution in [-0.4, -0.2) is 28.5 Å². The quantitative estimate of drug-likeness (QED) is 0.147. The highest BCUT2D eigenvalue weighted by atomic mass is 32.1. The van der Waals surface area contributed by atoms with Crippen LogP contribution in [0.3, 0.4) is 0 Å². The number of carboxylic acids is 1. The van der Waals surface area contributed by atoms with Crippen molar-refractivity contribution in [3.63, 3.8) is 0 Å². The first-order valence-corrected chi connectivity index (χ1v) is 14.7. The summed E-state index contributed by atoms with van der Waals surface area (Å²) in [6, 6.07) is 22.7. The zero-order chi connectivity index (χ0) is 28.5. The van der Waals surface area contributed by atoms with Crippen LogP contribution in [0.1, 0.15) is 65.2 Å². The molecule has 40 heavy (non-hydrogen) atoms. The topological polar surface area (TPSA) is 91.3 Å². The molecule has 6 nitrogen and oxygen atoms in total. The van der Waals surface area contributed by atoms with Crippen LogP contribution >= 0.6 is 11.3 Å². The van der Waals surface area contributed by atoms with Crippen LogP contribution in [0.15, 0.2) is 66.7 Å². The zero-order valence-electron chi connectivity index (χ0n) is 23.4. The van der Waals surface area contributed by atoms with Crippen molar-refractivity contribution in [2.75, 3.05) is 11.9 Å². The normalized spacial score (nSPS) is 10.9. The third-order valence-electron chi connectivity index (χ3n) is 6.98. The molecule has 4 aromatic rings. The molecule has 208 valence electrons. The summed E-state index contributed by atoms with van der Waals surface area (Å²) in [6.07, 6.45) is 4.69. The van der Waals surface area contributed by atoms with Gasteiger partial charge in [-0.25, -0.2) is 4.98 Å². The summed E-state index contributed by atoms with van der Waals surface area (Å²) in [6.45, 7) is 7.17. The lowest BCUT2D eigenvalue weighted by molar-refractivity contribution is -0.136. The largest absolute Gasteiger partial charge is 0.481 e. The zero-order valence-corrected chi connectivity index (χ0v) is 24.2. The highest BCUT2D eigenvalue weighted by Gasteiger charge is 2.16. The lowest BCUT2D eigenvalue weighted by atomic mass is 10.0. The van der Waals surface area contributed by atoms with E-state index in [1.807, 2.05) is 12.1 Å². The molecular weight excluding hydrogens is 518 g/mol. The Morgan fingerprint density at radius 1 is 0.875 bits per heavy atom. The standard InChI is InChI=1S/C33H37N3O3S/c1-4-5-6-7-24-9-14-26(15-10-24)30-31(28-13-8-22(2)23(3)20-28)40-33(36-30)35-21-25-11-16-27(17-12-25)32(39)34-19-18-29(37)38/h8-17,20H,4-7,18-19,21H2,1-3H3,(H,34,39)(H,35,36)(H,37,38). The summed E-state index contributed by atoms with van der Waals surface area (Å²) in [5, 5.41) is 15.7. The third kappa shape index (κ3) is 7.79. The van der Waals surface area contributed by atoms with E-state index in [0.29, 0.717) is 12.1 Å². The number of thiazole rings is 1. The first-order valence-electron chi connectivity index (χ1n) is 13.8. The number of carboxylic acid groups (broad SMARTS) is 1. The molecule has 0 saturated heterocycles. The Hall–Kier alpha value is -3.97. The molecule has 0 saturated carbocycles. The molecule has 0 bridgehead atoms. The number of unbranched alkanes of at least 4 members (excludes halogenated alkanes) is 2. The van der Waals surface area contributed by atoms with Crippen molar-refractivity contribution in [2.45, 2.75) is 59.4 Å². The van der Waals surface area contributed by atoms with Crippen molar-refractivity contribution in [3.8, 4) is 21.7 Å². The Labute approximate surface area is 240 Å².